The fourth-order valence-electron chi connectivity index (χ4n) is 3.57. The standard InChI is InChI=1S/C20H18ClN3O2/c1-20(14-6-5-13(21)11-16(14)23-19(20)25)15-10-12(4-7-17(15)26-3)18-22-8-9-24(18)2/h4-11H,1-3H3,(H,23,25)/t20-/m1/s1. The molecule has 0 unspecified atom stereocenters. The van der Waals surface area contributed by atoms with E-state index in [9.17, 15) is 4.79 Å². The number of aryl methyl sites for hydroxylation is 1. The molecule has 26 heavy (non-hydrogen) atoms. The number of nitrogens with zero attached hydrogens (tertiary/aromatic N) is 2. The zero-order valence-corrected chi connectivity index (χ0v) is 15.5. The topological polar surface area (TPSA) is 56.2 Å². The van der Waals surface area contributed by atoms with Crippen molar-refractivity contribution in [2.45, 2.75) is 12.3 Å². The van der Waals surface area contributed by atoms with Crippen LogP contribution in [0.5, 0.6) is 5.75 Å². The van der Waals surface area contributed by atoms with E-state index in [1.54, 1.807) is 25.4 Å². The van der Waals surface area contributed by atoms with Crippen LogP contribution in [-0.2, 0) is 17.3 Å². The summed E-state index contributed by atoms with van der Waals surface area (Å²) in [5, 5.41) is 3.53. The zero-order valence-electron chi connectivity index (χ0n) is 14.7. The highest BCUT2D eigenvalue weighted by Gasteiger charge is 2.46. The van der Waals surface area contributed by atoms with E-state index in [2.05, 4.69) is 10.3 Å². The Balaban J connectivity index is 1.95. The molecule has 2 aromatic carbocycles. The first-order valence-electron chi connectivity index (χ1n) is 8.23. The van der Waals surface area contributed by atoms with E-state index in [0.29, 0.717) is 10.8 Å². The maximum atomic E-state index is 13.0. The maximum absolute atomic E-state index is 13.0. The van der Waals surface area contributed by atoms with Crippen molar-refractivity contribution in [2.24, 2.45) is 7.05 Å². The largest absolute Gasteiger partial charge is 0.496 e. The second kappa shape index (κ2) is 5.88. The lowest BCUT2D eigenvalue weighted by Gasteiger charge is -2.25. The van der Waals surface area contributed by atoms with Crippen LogP contribution in [0.15, 0.2) is 48.8 Å². The number of carbonyl (C=O) groups is 1. The summed E-state index contributed by atoms with van der Waals surface area (Å²) in [5.41, 5.74) is 2.44. The molecule has 2 heterocycles. The van der Waals surface area contributed by atoms with Gasteiger partial charge in [0, 0.05) is 41.3 Å². The monoisotopic (exact) mass is 367 g/mol. The Morgan fingerprint density at radius 1 is 1.19 bits per heavy atom. The number of benzene rings is 2. The molecule has 1 aliphatic heterocycles. The molecule has 1 amide bonds. The van der Waals surface area contributed by atoms with Gasteiger partial charge >= 0.3 is 0 Å². The fraction of sp³-hybridized carbons (Fsp3) is 0.200. The van der Waals surface area contributed by atoms with Gasteiger partial charge in [0.2, 0.25) is 5.91 Å². The number of halogens is 1. The van der Waals surface area contributed by atoms with Crippen LogP contribution >= 0.6 is 11.6 Å². The Hall–Kier alpha value is -2.79. The van der Waals surface area contributed by atoms with Gasteiger partial charge in [0.25, 0.3) is 0 Å². The van der Waals surface area contributed by atoms with Gasteiger partial charge in [-0.05, 0) is 42.8 Å². The summed E-state index contributed by atoms with van der Waals surface area (Å²) in [5.74, 6) is 1.38. The third-order valence-corrected chi connectivity index (χ3v) is 5.28. The number of rotatable bonds is 3. The Morgan fingerprint density at radius 3 is 2.69 bits per heavy atom. The highest BCUT2D eigenvalue weighted by Crippen LogP contribution is 2.47. The molecule has 1 atom stereocenters. The van der Waals surface area contributed by atoms with E-state index in [-0.39, 0.29) is 5.91 Å². The van der Waals surface area contributed by atoms with Gasteiger partial charge < -0.3 is 14.6 Å². The number of carbonyl (C=O) groups excluding carboxylic acids is 1. The number of methoxy groups -OCH3 is 1. The van der Waals surface area contributed by atoms with Crippen LogP contribution in [0, 0.1) is 0 Å². The first kappa shape index (κ1) is 16.7. The Morgan fingerprint density at radius 2 is 2.00 bits per heavy atom. The lowest BCUT2D eigenvalue weighted by molar-refractivity contribution is -0.119. The molecule has 132 valence electrons. The van der Waals surface area contributed by atoms with E-state index in [1.807, 2.05) is 49.0 Å². The highest BCUT2D eigenvalue weighted by molar-refractivity contribution is 6.31. The molecular weight excluding hydrogens is 350 g/mol. The molecule has 0 aliphatic carbocycles. The van der Waals surface area contributed by atoms with E-state index in [0.717, 1.165) is 28.2 Å². The lowest BCUT2D eigenvalue weighted by Crippen LogP contribution is -2.32. The van der Waals surface area contributed by atoms with E-state index in [4.69, 9.17) is 16.3 Å². The molecule has 4 rings (SSSR count). The van der Waals surface area contributed by atoms with E-state index < -0.39 is 5.41 Å². The minimum Gasteiger partial charge on any atom is -0.496 e. The molecule has 3 aromatic rings. The quantitative estimate of drug-likeness (QED) is 0.761. The van der Waals surface area contributed by atoms with Gasteiger partial charge in [-0.3, -0.25) is 4.79 Å². The van der Waals surface area contributed by atoms with Crippen LogP contribution in [0.25, 0.3) is 11.4 Å². The van der Waals surface area contributed by atoms with Crippen LogP contribution in [-0.4, -0.2) is 22.6 Å². The van der Waals surface area contributed by atoms with Crippen LogP contribution in [0.1, 0.15) is 18.1 Å². The Bertz CT molecular complexity index is 1030. The van der Waals surface area contributed by atoms with Gasteiger partial charge in [0.1, 0.15) is 17.0 Å². The summed E-state index contributed by atoms with van der Waals surface area (Å²) in [6.45, 7) is 1.90. The molecular formula is C20H18ClN3O2. The van der Waals surface area contributed by atoms with Crippen molar-refractivity contribution in [1.29, 1.82) is 0 Å². The summed E-state index contributed by atoms with van der Waals surface area (Å²) < 4.78 is 7.52. The predicted molar refractivity (Wildman–Crippen MR) is 102 cm³/mol. The number of imidazole rings is 1. The summed E-state index contributed by atoms with van der Waals surface area (Å²) >= 11 is 6.09. The third-order valence-electron chi connectivity index (χ3n) is 5.04. The molecule has 0 bridgehead atoms. The van der Waals surface area contributed by atoms with Crippen molar-refractivity contribution >= 4 is 23.2 Å². The van der Waals surface area contributed by atoms with Crippen LogP contribution in [0.2, 0.25) is 5.02 Å². The van der Waals surface area contributed by atoms with Gasteiger partial charge in [-0.1, -0.05) is 17.7 Å². The number of aromatic nitrogens is 2. The first-order chi connectivity index (χ1) is 12.4. The number of ether oxygens (including phenoxy) is 1. The third kappa shape index (κ3) is 2.31. The van der Waals surface area contributed by atoms with E-state index >= 15 is 0 Å². The van der Waals surface area contributed by atoms with Crippen LogP contribution in [0.3, 0.4) is 0 Å². The molecule has 1 aromatic heterocycles. The van der Waals surface area contributed by atoms with Crippen molar-refractivity contribution < 1.29 is 9.53 Å². The van der Waals surface area contributed by atoms with Gasteiger partial charge in [-0.15, -0.1) is 0 Å². The van der Waals surface area contributed by atoms with Gasteiger partial charge in [0.15, 0.2) is 0 Å². The number of anilines is 1. The summed E-state index contributed by atoms with van der Waals surface area (Å²) in [6.07, 6.45) is 3.64. The maximum Gasteiger partial charge on any atom is 0.239 e. The van der Waals surface area contributed by atoms with E-state index in [1.165, 1.54) is 0 Å². The summed E-state index contributed by atoms with van der Waals surface area (Å²) in [7, 11) is 3.55. The SMILES string of the molecule is COc1ccc(-c2nccn2C)cc1[C@]1(C)C(=O)Nc2cc(Cl)ccc21. The molecule has 0 saturated heterocycles. The molecule has 5 nitrogen and oxygen atoms in total. The smallest absolute Gasteiger partial charge is 0.239 e. The average Bonchev–Trinajstić information content (AvgIpc) is 3.16. The van der Waals surface area contributed by atoms with Gasteiger partial charge in [0.05, 0.1) is 7.11 Å². The van der Waals surface area contributed by atoms with Crippen molar-refractivity contribution in [3.05, 3.63) is 64.9 Å². The molecule has 6 heteroatoms. The molecule has 0 fully saturated rings. The minimum absolute atomic E-state index is 0.106. The van der Waals surface area contributed by atoms with Crippen molar-refractivity contribution in [1.82, 2.24) is 9.55 Å². The Kier molecular flexibility index (Phi) is 3.77. The highest BCUT2D eigenvalue weighted by atomic mass is 35.5. The van der Waals surface area contributed by atoms with Crippen molar-refractivity contribution in [3.63, 3.8) is 0 Å². The molecule has 0 saturated carbocycles. The van der Waals surface area contributed by atoms with Crippen molar-refractivity contribution in [2.75, 3.05) is 12.4 Å². The molecule has 0 spiro atoms. The fourth-order valence-corrected chi connectivity index (χ4v) is 3.75. The number of nitrogens with one attached hydrogen (secondary N) is 1. The summed E-state index contributed by atoms with van der Waals surface area (Å²) in [4.78, 5) is 17.4. The van der Waals surface area contributed by atoms with Crippen molar-refractivity contribution in [3.8, 4) is 17.1 Å². The second-order valence-corrected chi connectivity index (χ2v) is 6.98. The first-order valence-corrected chi connectivity index (χ1v) is 8.60. The number of hydrogen-bond donors (Lipinski definition) is 1. The predicted octanol–water partition coefficient (Wildman–Crippen LogP) is 4.01. The van der Waals surface area contributed by atoms with Crippen LogP contribution < -0.4 is 10.1 Å². The Labute approximate surface area is 156 Å². The van der Waals surface area contributed by atoms with Gasteiger partial charge in [-0.2, -0.15) is 0 Å². The lowest BCUT2D eigenvalue weighted by atomic mass is 9.76. The summed E-state index contributed by atoms with van der Waals surface area (Å²) in [6, 6.07) is 11.3. The number of hydrogen-bond acceptors (Lipinski definition) is 3. The normalized spacial score (nSPS) is 18.5. The second-order valence-electron chi connectivity index (χ2n) is 6.55. The number of fused-ring (bicyclic) bond motifs is 1. The molecule has 0 radical (unpaired) electrons. The molecule has 1 aliphatic rings. The molecule has 1 N–H and O–H groups in total. The number of amides is 1. The minimum atomic E-state index is -0.883. The van der Waals surface area contributed by atoms with Crippen LogP contribution in [0.4, 0.5) is 5.69 Å². The average molecular weight is 368 g/mol. The zero-order chi connectivity index (χ0) is 18.5. The van der Waals surface area contributed by atoms with Gasteiger partial charge in [-0.25, -0.2) is 4.98 Å².